The van der Waals surface area contributed by atoms with Crippen molar-refractivity contribution in [1.82, 2.24) is 15.2 Å². The number of hydrogen-bond donors (Lipinski definition) is 1. The molecule has 1 aliphatic heterocycles. The molecule has 0 aromatic carbocycles. The van der Waals surface area contributed by atoms with Crippen LogP contribution in [-0.2, 0) is 11.2 Å². The van der Waals surface area contributed by atoms with E-state index in [-0.39, 0.29) is 11.9 Å². The first-order valence-electron chi connectivity index (χ1n) is 4.65. The summed E-state index contributed by atoms with van der Waals surface area (Å²) in [5, 5.41) is 2.61. The van der Waals surface area contributed by atoms with Gasteiger partial charge in [0.1, 0.15) is 6.04 Å². The molecule has 2 heterocycles. The Kier molecular flexibility index (Phi) is 2.37. The minimum Gasteiger partial charge on any atom is -0.325 e. The summed E-state index contributed by atoms with van der Waals surface area (Å²) in [6, 6.07) is 2.89. The first-order valence-corrected chi connectivity index (χ1v) is 4.65. The molecule has 78 valence electrons. The van der Waals surface area contributed by atoms with Crippen molar-refractivity contribution in [2.75, 3.05) is 7.05 Å². The summed E-state index contributed by atoms with van der Waals surface area (Å²) < 4.78 is 0. The van der Waals surface area contributed by atoms with Crippen molar-refractivity contribution in [3.63, 3.8) is 0 Å². The molecule has 1 aromatic rings. The molecule has 1 N–H and O–H groups in total. The van der Waals surface area contributed by atoms with Gasteiger partial charge in [-0.1, -0.05) is 6.07 Å². The van der Waals surface area contributed by atoms with Crippen molar-refractivity contribution >= 4 is 11.9 Å². The van der Waals surface area contributed by atoms with E-state index in [2.05, 4.69) is 10.3 Å². The van der Waals surface area contributed by atoms with Crippen molar-refractivity contribution in [3.05, 3.63) is 30.1 Å². The van der Waals surface area contributed by atoms with Gasteiger partial charge in [-0.25, -0.2) is 4.79 Å². The Bertz CT molecular complexity index is 391. The van der Waals surface area contributed by atoms with Crippen LogP contribution >= 0.6 is 0 Å². The van der Waals surface area contributed by atoms with Crippen molar-refractivity contribution in [3.8, 4) is 0 Å². The van der Waals surface area contributed by atoms with Crippen LogP contribution in [0, 0.1) is 0 Å². The van der Waals surface area contributed by atoms with Crippen molar-refractivity contribution in [2.45, 2.75) is 12.5 Å². The van der Waals surface area contributed by atoms with E-state index in [1.165, 1.54) is 7.05 Å². The van der Waals surface area contributed by atoms with Crippen LogP contribution in [0.3, 0.4) is 0 Å². The van der Waals surface area contributed by atoms with Gasteiger partial charge in [-0.05, 0) is 11.6 Å². The third-order valence-corrected chi connectivity index (χ3v) is 2.39. The number of carbonyl (C=O) groups excluding carboxylic acids is 2. The number of carbonyl (C=O) groups is 2. The van der Waals surface area contributed by atoms with Crippen LogP contribution in [0.5, 0.6) is 0 Å². The molecule has 0 radical (unpaired) electrons. The second-order valence-electron chi connectivity index (χ2n) is 3.46. The summed E-state index contributed by atoms with van der Waals surface area (Å²) in [7, 11) is 1.47. The molecule has 1 saturated heterocycles. The minimum absolute atomic E-state index is 0.191. The highest BCUT2D eigenvalue weighted by molar-refractivity contribution is 6.03. The SMILES string of the molecule is CN1C(=O)N[C@@H](Cc2cccnc2)C1=O. The van der Waals surface area contributed by atoms with Gasteiger partial charge in [-0.2, -0.15) is 0 Å². The molecule has 5 heteroatoms. The van der Waals surface area contributed by atoms with Crippen LogP contribution in [0.25, 0.3) is 0 Å². The fourth-order valence-electron chi connectivity index (χ4n) is 1.53. The molecule has 1 aliphatic rings. The molecule has 0 saturated carbocycles. The average molecular weight is 205 g/mol. The number of rotatable bonds is 2. The van der Waals surface area contributed by atoms with Gasteiger partial charge in [0, 0.05) is 25.9 Å². The number of nitrogens with zero attached hydrogens (tertiary/aromatic N) is 2. The summed E-state index contributed by atoms with van der Waals surface area (Å²) in [5.41, 5.74) is 0.937. The lowest BCUT2D eigenvalue weighted by molar-refractivity contribution is -0.126. The fraction of sp³-hybridized carbons (Fsp3) is 0.300. The fourth-order valence-corrected chi connectivity index (χ4v) is 1.53. The second kappa shape index (κ2) is 3.68. The maximum Gasteiger partial charge on any atom is 0.324 e. The van der Waals surface area contributed by atoms with Crippen molar-refractivity contribution in [1.29, 1.82) is 0 Å². The Labute approximate surface area is 87.1 Å². The lowest BCUT2D eigenvalue weighted by Gasteiger charge is -2.06. The number of nitrogens with one attached hydrogen (secondary N) is 1. The van der Waals surface area contributed by atoms with Crippen LogP contribution in [0.4, 0.5) is 4.79 Å². The normalized spacial score (nSPS) is 20.6. The Morgan fingerprint density at radius 3 is 2.87 bits per heavy atom. The molecular formula is C10H11N3O2. The average Bonchev–Trinajstić information content (AvgIpc) is 2.48. The van der Waals surface area contributed by atoms with Crippen LogP contribution in [0.15, 0.2) is 24.5 Å². The van der Waals surface area contributed by atoms with E-state index in [1.54, 1.807) is 18.5 Å². The molecular weight excluding hydrogens is 194 g/mol. The van der Waals surface area contributed by atoms with Crippen LogP contribution in [-0.4, -0.2) is 34.9 Å². The quantitative estimate of drug-likeness (QED) is 0.700. The summed E-state index contributed by atoms with van der Waals surface area (Å²) in [6.07, 6.45) is 3.85. The number of aromatic nitrogens is 1. The summed E-state index contributed by atoms with van der Waals surface area (Å²) >= 11 is 0. The van der Waals surface area contributed by atoms with E-state index in [1.807, 2.05) is 6.07 Å². The largest absolute Gasteiger partial charge is 0.325 e. The maximum absolute atomic E-state index is 11.5. The molecule has 1 atom stereocenters. The van der Waals surface area contributed by atoms with Gasteiger partial charge < -0.3 is 5.32 Å². The molecule has 0 bridgehead atoms. The smallest absolute Gasteiger partial charge is 0.324 e. The van der Waals surface area contributed by atoms with Gasteiger partial charge in [-0.15, -0.1) is 0 Å². The second-order valence-corrected chi connectivity index (χ2v) is 3.46. The van der Waals surface area contributed by atoms with E-state index in [0.717, 1.165) is 10.5 Å². The monoisotopic (exact) mass is 205 g/mol. The van der Waals surface area contributed by atoms with E-state index >= 15 is 0 Å². The predicted octanol–water partition coefficient (Wildman–Crippen LogP) is 0.174. The summed E-state index contributed by atoms with van der Waals surface area (Å²) in [4.78, 5) is 27.8. The molecule has 0 spiro atoms. The lowest BCUT2D eigenvalue weighted by atomic mass is 10.1. The summed E-state index contributed by atoms with van der Waals surface area (Å²) in [6.45, 7) is 0. The zero-order chi connectivity index (χ0) is 10.8. The molecule has 3 amide bonds. The Morgan fingerprint density at radius 2 is 2.33 bits per heavy atom. The van der Waals surface area contributed by atoms with Gasteiger partial charge in [0.2, 0.25) is 0 Å². The summed E-state index contributed by atoms with van der Waals surface area (Å²) in [5.74, 6) is -0.191. The number of hydrogen-bond acceptors (Lipinski definition) is 3. The van der Waals surface area contributed by atoms with Gasteiger partial charge in [0.15, 0.2) is 0 Å². The third kappa shape index (κ3) is 1.81. The minimum atomic E-state index is -0.452. The van der Waals surface area contributed by atoms with Gasteiger partial charge in [-0.3, -0.25) is 14.7 Å². The Hall–Kier alpha value is -1.91. The predicted molar refractivity (Wildman–Crippen MR) is 53.0 cm³/mol. The Balaban J connectivity index is 2.09. The van der Waals surface area contributed by atoms with Crippen LogP contribution in [0.2, 0.25) is 0 Å². The molecule has 5 nitrogen and oxygen atoms in total. The van der Waals surface area contributed by atoms with Crippen molar-refractivity contribution < 1.29 is 9.59 Å². The number of likely N-dealkylation sites (N-methyl/N-ethyl adjacent to an activating group) is 1. The first kappa shape index (κ1) is 9.64. The van der Waals surface area contributed by atoms with Crippen LogP contribution in [0.1, 0.15) is 5.56 Å². The zero-order valence-electron chi connectivity index (χ0n) is 8.30. The van der Waals surface area contributed by atoms with Gasteiger partial charge in [0.25, 0.3) is 5.91 Å². The molecule has 0 unspecified atom stereocenters. The molecule has 0 aliphatic carbocycles. The highest BCUT2D eigenvalue weighted by Gasteiger charge is 2.34. The number of imide groups is 1. The van der Waals surface area contributed by atoms with E-state index in [9.17, 15) is 9.59 Å². The Morgan fingerprint density at radius 1 is 1.53 bits per heavy atom. The molecule has 1 fully saturated rings. The van der Waals surface area contributed by atoms with Gasteiger partial charge in [0.05, 0.1) is 0 Å². The topological polar surface area (TPSA) is 62.3 Å². The molecule has 15 heavy (non-hydrogen) atoms. The molecule has 2 rings (SSSR count). The zero-order valence-corrected chi connectivity index (χ0v) is 8.30. The highest BCUT2D eigenvalue weighted by Crippen LogP contribution is 2.09. The number of amides is 3. The van der Waals surface area contributed by atoms with E-state index in [4.69, 9.17) is 0 Å². The maximum atomic E-state index is 11.5. The third-order valence-electron chi connectivity index (χ3n) is 2.39. The molecule has 1 aromatic heterocycles. The number of urea groups is 1. The lowest BCUT2D eigenvalue weighted by Crippen LogP contribution is -2.31. The highest BCUT2D eigenvalue weighted by atomic mass is 16.2. The first-order chi connectivity index (χ1) is 7.18. The van der Waals surface area contributed by atoms with Crippen LogP contribution < -0.4 is 5.32 Å². The standard InChI is InChI=1S/C10H11N3O2/c1-13-9(14)8(12-10(13)15)5-7-3-2-4-11-6-7/h2-4,6,8H,5H2,1H3,(H,12,15)/t8-/m0/s1. The van der Waals surface area contributed by atoms with Gasteiger partial charge >= 0.3 is 6.03 Å². The van der Waals surface area contributed by atoms with E-state index < -0.39 is 6.04 Å². The number of pyridine rings is 1. The van der Waals surface area contributed by atoms with E-state index in [0.29, 0.717) is 6.42 Å². The van der Waals surface area contributed by atoms with Crippen molar-refractivity contribution in [2.24, 2.45) is 0 Å².